The lowest BCUT2D eigenvalue weighted by molar-refractivity contribution is 0.786. The van der Waals surface area contributed by atoms with Crippen LogP contribution in [0.1, 0.15) is 5.56 Å². The van der Waals surface area contributed by atoms with Gasteiger partial charge in [0, 0.05) is 6.20 Å². The summed E-state index contributed by atoms with van der Waals surface area (Å²) in [6.07, 6.45) is 4.72. The van der Waals surface area contributed by atoms with Crippen LogP contribution in [0.25, 0.3) is 32.9 Å². The number of rotatable bonds is 3. The van der Waals surface area contributed by atoms with Crippen LogP contribution < -0.4 is 5.56 Å². The Morgan fingerprint density at radius 1 is 0.786 bits per heavy atom. The minimum atomic E-state index is -0.116. The quantitative estimate of drug-likeness (QED) is 0.468. The van der Waals surface area contributed by atoms with Gasteiger partial charge in [-0.2, -0.15) is 0 Å². The fourth-order valence-corrected chi connectivity index (χ4v) is 3.58. The maximum absolute atomic E-state index is 12.4. The second kappa shape index (κ2) is 6.74. The molecule has 28 heavy (non-hydrogen) atoms. The molecular formula is C24H17N3O. The maximum Gasteiger partial charge on any atom is 0.269 e. The molecule has 0 aliphatic rings. The monoisotopic (exact) mass is 363 g/mol. The van der Waals surface area contributed by atoms with E-state index in [0.29, 0.717) is 12.1 Å². The second-order valence-corrected chi connectivity index (χ2v) is 6.81. The summed E-state index contributed by atoms with van der Waals surface area (Å²) in [5.74, 6) is 0. The Morgan fingerprint density at radius 2 is 1.64 bits per heavy atom. The van der Waals surface area contributed by atoms with Crippen LogP contribution in [0.2, 0.25) is 0 Å². The molecule has 5 aromatic rings. The minimum absolute atomic E-state index is 0.116. The van der Waals surface area contributed by atoms with Gasteiger partial charge in [-0.15, -0.1) is 0 Å². The maximum atomic E-state index is 12.4. The lowest BCUT2D eigenvalue weighted by Crippen LogP contribution is -2.21. The molecule has 0 spiro atoms. The molecule has 4 heteroatoms. The molecular weight excluding hydrogens is 346 g/mol. The van der Waals surface area contributed by atoms with Crippen molar-refractivity contribution in [3.05, 3.63) is 107 Å². The van der Waals surface area contributed by atoms with Crippen molar-refractivity contribution in [2.75, 3.05) is 0 Å². The van der Waals surface area contributed by atoms with E-state index < -0.39 is 0 Å². The van der Waals surface area contributed by atoms with Gasteiger partial charge in [-0.25, -0.2) is 4.98 Å². The molecule has 134 valence electrons. The molecule has 0 atom stereocenters. The second-order valence-electron chi connectivity index (χ2n) is 6.81. The summed E-state index contributed by atoms with van der Waals surface area (Å²) in [6.45, 7) is 0.489. The van der Waals surface area contributed by atoms with Crippen LogP contribution >= 0.6 is 0 Å². The first kappa shape index (κ1) is 16.4. The van der Waals surface area contributed by atoms with Crippen molar-refractivity contribution >= 4 is 21.8 Å². The number of pyridine rings is 1. The van der Waals surface area contributed by atoms with E-state index in [1.807, 2.05) is 18.2 Å². The fraction of sp³-hybridized carbons (Fsp3) is 0.0417. The van der Waals surface area contributed by atoms with Crippen molar-refractivity contribution < 1.29 is 0 Å². The molecule has 0 amide bonds. The van der Waals surface area contributed by atoms with Gasteiger partial charge in [-0.05, 0) is 45.7 Å². The summed E-state index contributed by atoms with van der Waals surface area (Å²) >= 11 is 0. The highest BCUT2D eigenvalue weighted by Crippen LogP contribution is 2.25. The third-order valence-electron chi connectivity index (χ3n) is 5.00. The highest BCUT2D eigenvalue weighted by Gasteiger charge is 2.07. The Morgan fingerprint density at radius 3 is 2.57 bits per heavy atom. The number of hydrogen-bond acceptors (Lipinski definition) is 3. The molecule has 0 saturated carbocycles. The largest absolute Gasteiger partial charge is 0.301 e. The molecule has 3 aromatic carbocycles. The third-order valence-corrected chi connectivity index (χ3v) is 5.00. The van der Waals surface area contributed by atoms with Crippen LogP contribution in [0.5, 0.6) is 0 Å². The summed E-state index contributed by atoms with van der Waals surface area (Å²) in [6, 6.07) is 25.0. The van der Waals surface area contributed by atoms with Gasteiger partial charge in [0.05, 0.1) is 24.5 Å². The van der Waals surface area contributed by atoms with Crippen LogP contribution in [0.4, 0.5) is 0 Å². The van der Waals surface area contributed by atoms with Crippen molar-refractivity contribution in [1.82, 2.24) is 14.5 Å². The van der Waals surface area contributed by atoms with Crippen LogP contribution in [0, 0.1) is 0 Å². The lowest BCUT2D eigenvalue weighted by Gasteiger charge is -2.11. The first-order chi connectivity index (χ1) is 13.8. The van der Waals surface area contributed by atoms with Crippen molar-refractivity contribution in [2.45, 2.75) is 6.54 Å². The molecule has 0 aliphatic heterocycles. The van der Waals surface area contributed by atoms with E-state index in [-0.39, 0.29) is 5.56 Å². The first-order valence-electron chi connectivity index (χ1n) is 9.16. The molecule has 0 fully saturated rings. The minimum Gasteiger partial charge on any atom is -0.301 e. The summed E-state index contributed by atoms with van der Waals surface area (Å²) in [5.41, 5.74) is 4.76. The van der Waals surface area contributed by atoms with Crippen molar-refractivity contribution in [3.63, 3.8) is 0 Å². The average molecular weight is 363 g/mol. The number of nitrogens with zero attached hydrogens (tertiary/aromatic N) is 3. The normalized spacial score (nSPS) is 11.1. The van der Waals surface area contributed by atoms with Gasteiger partial charge in [-0.1, -0.05) is 54.6 Å². The van der Waals surface area contributed by atoms with E-state index in [1.165, 1.54) is 17.0 Å². The predicted molar refractivity (Wildman–Crippen MR) is 112 cm³/mol. The van der Waals surface area contributed by atoms with Gasteiger partial charge < -0.3 is 4.57 Å². The van der Waals surface area contributed by atoms with Crippen molar-refractivity contribution in [2.24, 2.45) is 0 Å². The first-order valence-corrected chi connectivity index (χ1v) is 9.16. The van der Waals surface area contributed by atoms with Gasteiger partial charge in [0.15, 0.2) is 0 Å². The smallest absolute Gasteiger partial charge is 0.269 e. The Kier molecular flexibility index (Phi) is 3.95. The molecule has 4 nitrogen and oxygen atoms in total. The molecule has 0 saturated heterocycles. The molecule has 0 unspecified atom stereocenters. The van der Waals surface area contributed by atoms with Gasteiger partial charge >= 0.3 is 0 Å². The van der Waals surface area contributed by atoms with E-state index >= 15 is 0 Å². The van der Waals surface area contributed by atoms with E-state index in [9.17, 15) is 4.79 Å². The predicted octanol–water partition coefficient (Wildman–Crippen LogP) is 4.66. The SMILES string of the molecule is O=c1cnc2cnccc2n1Cc1cccc(-c2ccc3ccccc3c2)c1. The molecule has 0 N–H and O–H groups in total. The molecule has 0 bridgehead atoms. The number of fused-ring (bicyclic) bond motifs is 2. The summed E-state index contributed by atoms with van der Waals surface area (Å²) in [4.78, 5) is 20.7. The highest BCUT2D eigenvalue weighted by molar-refractivity contribution is 5.87. The molecule has 0 aliphatic carbocycles. The van der Waals surface area contributed by atoms with Crippen LogP contribution in [0.15, 0.2) is 96.2 Å². The number of hydrogen-bond donors (Lipinski definition) is 0. The van der Waals surface area contributed by atoms with Gasteiger partial charge in [-0.3, -0.25) is 9.78 Å². The zero-order valence-corrected chi connectivity index (χ0v) is 15.1. The van der Waals surface area contributed by atoms with Crippen LogP contribution in [-0.2, 0) is 6.54 Å². The summed E-state index contributed by atoms with van der Waals surface area (Å²) in [5, 5.41) is 2.44. The Balaban J connectivity index is 1.56. The van der Waals surface area contributed by atoms with Crippen molar-refractivity contribution in [1.29, 1.82) is 0 Å². The van der Waals surface area contributed by atoms with E-state index in [1.54, 1.807) is 17.0 Å². The average Bonchev–Trinajstić information content (AvgIpc) is 2.76. The fourth-order valence-electron chi connectivity index (χ4n) is 3.58. The number of benzene rings is 3. The Bertz CT molecular complexity index is 1370. The topological polar surface area (TPSA) is 47.8 Å². The van der Waals surface area contributed by atoms with E-state index in [2.05, 4.69) is 64.6 Å². The highest BCUT2D eigenvalue weighted by atomic mass is 16.1. The zero-order chi connectivity index (χ0) is 18.9. The van der Waals surface area contributed by atoms with Crippen LogP contribution in [-0.4, -0.2) is 14.5 Å². The molecule has 5 rings (SSSR count). The van der Waals surface area contributed by atoms with Crippen LogP contribution in [0.3, 0.4) is 0 Å². The number of aromatic nitrogens is 3. The Labute approximate surface area is 161 Å². The van der Waals surface area contributed by atoms with E-state index in [4.69, 9.17) is 0 Å². The molecule has 2 aromatic heterocycles. The van der Waals surface area contributed by atoms with E-state index in [0.717, 1.165) is 22.2 Å². The lowest BCUT2D eigenvalue weighted by atomic mass is 10.00. The summed E-state index contributed by atoms with van der Waals surface area (Å²) < 4.78 is 1.74. The summed E-state index contributed by atoms with van der Waals surface area (Å²) in [7, 11) is 0. The van der Waals surface area contributed by atoms with Crippen molar-refractivity contribution in [3.8, 4) is 11.1 Å². The van der Waals surface area contributed by atoms with Gasteiger partial charge in [0.1, 0.15) is 5.52 Å². The molecule has 2 heterocycles. The zero-order valence-electron chi connectivity index (χ0n) is 15.1. The van der Waals surface area contributed by atoms with Gasteiger partial charge in [0.2, 0.25) is 0 Å². The molecule has 0 radical (unpaired) electrons. The Hall–Kier alpha value is -3.79. The third kappa shape index (κ3) is 2.95. The van der Waals surface area contributed by atoms with Gasteiger partial charge in [0.25, 0.3) is 5.56 Å². The standard InChI is InChI=1S/C24H17N3O/c28-24-15-26-22-14-25-11-10-23(22)27(24)16-17-4-3-7-19(12-17)21-9-8-18-5-1-2-6-20(18)13-21/h1-15H,16H2.